The molecule has 0 aromatic carbocycles. The summed E-state index contributed by atoms with van der Waals surface area (Å²) in [6, 6.07) is -0.633. The van der Waals surface area contributed by atoms with Crippen molar-refractivity contribution in [2.24, 2.45) is 5.41 Å². The number of carboxylic acids is 1. The SMILES string of the molecule is Cc1noc(C)c1C(C)NC(=O)NCC1(C(=O)O)CC1. The number of nitrogens with zero attached hydrogens (tertiary/aromatic N) is 1. The number of hydrogen-bond donors (Lipinski definition) is 3. The van der Waals surface area contributed by atoms with Crippen molar-refractivity contribution >= 4 is 12.0 Å². The first kappa shape index (κ1) is 14.4. The summed E-state index contributed by atoms with van der Waals surface area (Å²) in [7, 11) is 0. The molecular formula is C13H19N3O4. The Balaban J connectivity index is 1.87. The lowest BCUT2D eigenvalue weighted by atomic mass is 10.1. The second-order valence-corrected chi connectivity index (χ2v) is 5.37. The molecular weight excluding hydrogens is 262 g/mol. The summed E-state index contributed by atoms with van der Waals surface area (Å²) >= 11 is 0. The molecule has 0 bridgehead atoms. The van der Waals surface area contributed by atoms with Crippen molar-refractivity contribution in [1.29, 1.82) is 0 Å². The first-order chi connectivity index (χ1) is 9.35. The van der Waals surface area contributed by atoms with Crippen LogP contribution in [0.1, 0.15) is 42.8 Å². The van der Waals surface area contributed by atoms with Gasteiger partial charge in [-0.15, -0.1) is 0 Å². The Morgan fingerprint density at radius 2 is 2.10 bits per heavy atom. The van der Waals surface area contributed by atoms with Gasteiger partial charge in [-0.1, -0.05) is 5.16 Å². The summed E-state index contributed by atoms with van der Waals surface area (Å²) in [5, 5.41) is 18.2. The highest BCUT2D eigenvalue weighted by molar-refractivity contribution is 5.80. The van der Waals surface area contributed by atoms with Crippen LogP contribution in [0.15, 0.2) is 4.52 Å². The number of carbonyl (C=O) groups excluding carboxylic acids is 1. The molecule has 1 atom stereocenters. The molecule has 1 aliphatic carbocycles. The van der Waals surface area contributed by atoms with Gasteiger partial charge in [0.15, 0.2) is 0 Å². The van der Waals surface area contributed by atoms with Crippen molar-refractivity contribution in [2.45, 2.75) is 39.7 Å². The molecule has 7 heteroatoms. The third-order valence-corrected chi connectivity index (χ3v) is 3.76. The molecule has 1 aliphatic rings. The normalized spacial score (nSPS) is 17.4. The summed E-state index contributed by atoms with van der Waals surface area (Å²) in [6.45, 7) is 5.58. The number of carbonyl (C=O) groups is 2. The van der Waals surface area contributed by atoms with Gasteiger partial charge in [0, 0.05) is 12.1 Å². The molecule has 110 valence electrons. The van der Waals surface area contributed by atoms with Gasteiger partial charge >= 0.3 is 12.0 Å². The Labute approximate surface area is 116 Å². The van der Waals surface area contributed by atoms with E-state index in [2.05, 4.69) is 15.8 Å². The van der Waals surface area contributed by atoms with E-state index in [9.17, 15) is 9.59 Å². The summed E-state index contributed by atoms with van der Waals surface area (Å²) in [5.41, 5.74) is 0.822. The third-order valence-electron chi connectivity index (χ3n) is 3.76. The number of amides is 2. The number of nitrogens with one attached hydrogen (secondary N) is 2. The van der Waals surface area contributed by atoms with Crippen LogP contribution in [0.3, 0.4) is 0 Å². The maximum Gasteiger partial charge on any atom is 0.315 e. The average Bonchev–Trinajstić information content (AvgIpc) is 3.08. The molecule has 20 heavy (non-hydrogen) atoms. The van der Waals surface area contributed by atoms with Crippen molar-refractivity contribution in [3.8, 4) is 0 Å². The average molecular weight is 281 g/mol. The van der Waals surface area contributed by atoms with Crippen molar-refractivity contribution < 1.29 is 19.2 Å². The van der Waals surface area contributed by atoms with Crippen LogP contribution in [-0.2, 0) is 4.79 Å². The molecule has 1 aromatic heterocycles. The quantitative estimate of drug-likeness (QED) is 0.759. The Bertz CT molecular complexity index is 514. The first-order valence-corrected chi connectivity index (χ1v) is 6.56. The minimum Gasteiger partial charge on any atom is -0.481 e. The van der Waals surface area contributed by atoms with E-state index in [1.165, 1.54) is 0 Å². The fourth-order valence-electron chi connectivity index (χ4n) is 2.29. The van der Waals surface area contributed by atoms with Gasteiger partial charge in [0.25, 0.3) is 0 Å². The van der Waals surface area contributed by atoms with E-state index in [0.29, 0.717) is 18.6 Å². The standard InChI is InChI=1S/C13H19N3O4/c1-7(10-8(2)16-20-9(10)3)15-12(19)14-6-13(4-5-13)11(17)18/h7H,4-6H2,1-3H3,(H,17,18)(H2,14,15,19). The Morgan fingerprint density at radius 1 is 1.45 bits per heavy atom. The van der Waals surface area contributed by atoms with E-state index in [4.69, 9.17) is 9.63 Å². The lowest BCUT2D eigenvalue weighted by Gasteiger charge is -2.16. The lowest BCUT2D eigenvalue weighted by Crippen LogP contribution is -2.41. The van der Waals surface area contributed by atoms with Crippen LogP contribution in [0.25, 0.3) is 0 Å². The molecule has 1 fully saturated rings. The van der Waals surface area contributed by atoms with E-state index >= 15 is 0 Å². The van der Waals surface area contributed by atoms with Crippen molar-refractivity contribution in [2.75, 3.05) is 6.54 Å². The Kier molecular flexibility index (Phi) is 3.69. The van der Waals surface area contributed by atoms with Gasteiger partial charge in [0.05, 0.1) is 17.2 Å². The fraction of sp³-hybridized carbons (Fsp3) is 0.615. The zero-order valence-corrected chi connectivity index (χ0v) is 11.8. The molecule has 0 aliphatic heterocycles. The van der Waals surface area contributed by atoms with Crippen molar-refractivity contribution in [3.05, 3.63) is 17.0 Å². The van der Waals surface area contributed by atoms with Crippen LogP contribution < -0.4 is 10.6 Å². The van der Waals surface area contributed by atoms with Gasteiger partial charge in [0.1, 0.15) is 5.76 Å². The highest BCUT2D eigenvalue weighted by atomic mass is 16.5. The Morgan fingerprint density at radius 3 is 2.55 bits per heavy atom. The first-order valence-electron chi connectivity index (χ1n) is 6.56. The topological polar surface area (TPSA) is 104 Å². The van der Waals surface area contributed by atoms with E-state index in [0.717, 1.165) is 11.3 Å². The van der Waals surface area contributed by atoms with Crippen LogP contribution in [0.2, 0.25) is 0 Å². The molecule has 2 amide bonds. The number of hydrogen-bond acceptors (Lipinski definition) is 4. The molecule has 2 rings (SSSR count). The van der Waals surface area contributed by atoms with Crippen LogP contribution in [0, 0.1) is 19.3 Å². The summed E-state index contributed by atoms with van der Waals surface area (Å²) in [5.74, 6) is -0.184. The molecule has 1 unspecified atom stereocenters. The smallest absolute Gasteiger partial charge is 0.315 e. The molecule has 7 nitrogen and oxygen atoms in total. The maximum atomic E-state index is 11.8. The maximum absolute atomic E-state index is 11.8. The predicted octanol–water partition coefficient (Wildman–Crippen LogP) is 1.52. The molecule has 3 N–H and O–H groups in total. The van der Waals surface area contributed by atoms with Gasteiger partial charge < -0.3 is 20.3 Å². The summed E-state index contributed by atoms with van der Waals surface area (Å²) < 4.78 is 5.05. The van der Waals surface area contributed by atoms with E-state index < -0.39 is 11.4 Å². The number of carboxylic acid groups (broad SMARTS) is 1. The number of aliphatic carboxylic acids is 1. The van der Waals surface area contributed by atoms with Crippen molar-refractivity contribution in [3.63, 3.8) is 0 Å². The predicted molar refractivity (Wildman–Crippen MR) is 70.2 cm³/mol. The molecule has 0 radical (unpaired) electrons. The fourth-order valence-corrected chi connectivity index (χ4v) is 2.29. The van der Waals surface area contributed by atoms with E-state index in [1.54, 1.807) is 6.92 Å². The number of rotatable bonds is 5. The monoisotopic (exact) mass is 281 g/mol. The number of urea groups is 1. The minimum absolute atomic E-state index is 0.155. The van der Waals surface area contributed by atoms with Crippen LogP contribution in [-0.4, -0.2) is 28.8 Å². The van der Waals surface area contributed by atoms with Gasteiger partial charge in [0.2, 0.25) is 0 Å². The van der Waals surface area contributed by atoms with Gasteiger partial charge in [-0.2, -0.15) is 0 Å². The highest BCUT2D eigenvalue weighted by Crippen LogP contribution is 2.45. The number of aromatic nitrogens is 1. The van der Waals surface area contributed by atoms with Crippen LogP contribution >= 0.6 is 0 Å². The van der Waals surface area contributed by atoms with Gasteiger partial charge in [-0.3, -0.25) is 4.79 Å². The van der Waals surface area contributed by atoms with Gasteiger partial charge in [-0.05, 0) is 33.6 Å². The van der Waals surface area contributed by atoms with Gasteiger partial charge in [-0.25, -0.2) is 4.79 Å². The van der Waals surface area contributed by atoms with Crippen LogP contribution in [0.4, 0.5) is 4.79 Å². The summed E-state index contributed by atoms with van der Waals surface area (Å²) in [4.78, 5) is 22.8. The zero-order chi connectivity index (χ0) is 14.9. The van der Waals surface area contributed by atoms with Crippen LogP contribution in [0.5, 0.6) is 0 Å². The molecule has 1 aromatic rings. The zero-order valence-electron chi connectivity index (χ0n) is 11.8. The second-order valence-electron chi connectivity index (χ2n) is 5.37. The van der Waals surface area contributed by atoms with E-state index in [-0.39, 0.29) is 18.6 Å². The molecule has 0 saturated heterocycles. The second kappa shape index (κ2) is 5.15. The van der Waals surface area contributed by atoms with Crippen molar-refractivity contribution in [1.82, 2.24) is 15.8 Å². The molecule has 0 spiro atoms. The highest BCUT2D eigenvalue weighted by Gasteiger charge is 2.50. The summed E-state index contributed by atoms with van der Waals surface area (Å²) in [6.07, 6.45) is 1.23. The lowest BCUT2D eigenvalue weighted by molar-refractivity contribution is -0.143. The van der Waals surface area contributed by atoms with E-state index in [1.807, 2.05) is 13.8 Å². The molecule has 1 saturated carbocycles. The largest absolute Gasteiger partial charge is 0.481 e. The third kappa shape index (κ3) is 2.76. The Hall–Kier alpha value is -2.05. The molecule has 1 heterocycles. The number of aryl methyl sites for hydroxylation is 2. The minimum atomic E-state index is -0.850.